The lowest BCUT2D eigenvalue weighted by molar-refractivity contribution is 0.0945. The van der Waals surface area contributed by atoms with Crippen molar-refractivity contribution in [1.82, 2.24) is 5.32 Å². The topological polar surface area (TPSA) is 49.3 Å². The third kappa shape index (κ3) is 2.79. The molecule has 1 fully saturated rings. The Morgan fingerprint density at radius 2 is 2.47 bits per heavy atom. The molecule has 82 valence electrons. The van der Waals surface area contributed by atoms with E-state index in [1.165, 1.54) is 11.3 Å². The molecule has 1 aromatic heterocycles. The van der Waals surface area contributed by atoms with Gasteiger partial charge in [-0.15, -0.1) is 0 Å². The second kappa shape index (κ2) is 4.77. The van der Waals surface area contributed by atoms with Crippen LogP contribution in [0.3, 0.4) is 0 Å². The van der Waals surface area contributed by atoms with Crippen LogP contribution in [0.2, 0.25) is 0 Å². The molecule has 0 aromatic carbocycles. The van der Waals surface area contributed by atoms with Gasteiger partial charge in [-0.05, 0) is 36.6 Å². The SMILES string of the molecule is O=C(NCC1CCC(O)C1)c1ccsc1. The Morgan fingerprint density at radius 1 is 1.60 bits per heavy atom. The van der Waals surface area contributed by atoms with E-state index in [-0.39, 0.29) is 12.0 Å². The van der Waals surface area contributed by atoms with E-state index in [0.29, 0.717) is 12.5 Å². The summed E-state index contributed by atoms with van der Waals surface area (Å²) in [5.41, 5.74) is 0.735. The minimum atomic E-state index is -0.159. The fourth-order valence-electron chi connectivity index (χ4n) is 1.97. The Bertz CT molecular complexity index is 323. The van der Waals surface area contributed by atoms with Crippen LogP contribution in [0.1, 0.15) is 29.6 Å². The number of carbonyl (C=O) groups is 1. The molecule has 0 saturated heterocycles. The molecular formula is C11H15NO2S. The maximum Gasteiger partial charge on any atom is 0.252 e. The van der Waals surface area contributed by atoms with E-state index in [2.05, 4.69) is 5.32 Å². The normalized spacial score (nSPS) is 25.4. The molecule has 2 N–H and O–H groups in total. The molecule has 2 atom stereocenters. The van der Waals surface area contributed by atoms with Crippen LogP contribution in [0.15, 0.2) is 16.8 Å². The van der Waals surface area contributed by atoms with Crippen molar-refractivity contribution >= 4 is 17.2 Å². The van der Waals surface area contributed by atoms with Crippen molar-refractivity contribution < 1.29 is 9.90 Å². The first-order valence-corrected chi connectivity index (χ1v) is 6.18. The van der Waals surface area contributed by atoms with Gasteiger partial charge >= 0.3 is 0 Å². The highest BCUT2D eigenvalue weighted by atomic mass is 32.1. The maximum atomic E-state index is 11.6. The summed E-state index contributed by atoms with van der Waals surface area (Å²) in [6.45, 7) is 0.686. The molecular weight excluding hydrogens is 210 g/mol. The van der Waals surface area contributed by atoms with Crippen LogP contribution < -0.4 is 5.32 Å². The maximum absolute atomic E-state index is 11.6. The monoisotopic (exact) mass is 225 g/mol. The first-order valence-electron chi connectivity index (χ1n) is 5.24. The van der Waals surface area contributed by atoms with Gasteiger partial charge in [0.25, 0.3) is 5.91 Å². The summed E-state index contributed by atoms with van der Waals surface area (Å²) in [6, 6.07) is 1.82. The zero-order valence-electron chi connectivity index (χ0n) is 8.48. The molecule has 2 unspecified atom stereocenters. The molecule has 0 radical (unpaired) electrons. The van der Waals surface area contributed by atoms with Gasteiger partial charge in [-0.25, -0.2) is 0 Å². The molecule has 1 heterocycles. The van der Waals surface area contributed by atoms with Crippen LogP contribution in [-0.2, 0) is 0 Å². The molecule has 0 aliphatic heterocycles. The van der Waals surface area contributed by atoms with Gasteiger partial charge in [0.2, 0.25) is 0 Å². The molecule has 3 nitrogen and oxygen atoms in total. The number of hydrogen-bond acceptors (Lipinski definition) is 3. The van der Waals surface area contributed by atoms with E-state index in [4.69, 9.17) is 0 Å². The quantitative estimate of drug-likeness (QED) is 0.821. The number of hydrogen-bond donors (Lipinski definition) is 2. The Labute approximate surface area is 93.1 Å². The Hall–Kier alpha value is -0.870. The first-order chi connectivity index (χ1) is 7.25. The second-order valence-corrected chi connectivity index (χ2v) is 4.83. The predicted molar refractivity (Wildman–Crippen MR) is 60.0 cm³/mol. The summed E-state index contributed by atoms with van der Waals surface area (Å²) in [4.78, 5) is 11.6. The molecule has 0 bridgehead atoms. The van der Waals surface area contributed by atoms with Gasteiger partial charge in [-0.1, -0.05) is 0 Å². The van der Waals surface area contributed by atoms with Crippen LogP contribution in [0, 0.1) is 5.92 Å². The lowest BCUT2D eigenvalue weighted by atomic mass is 10.1. The molecule has 4 heteroatoms. The number of aliphatic hydroxyl groups excluding tert-OH is 1. The van der Waals surface area contributed by atoms with E-state index >= 15 is 0 Å². The van der Waals surface area contributed by atoms with Crippen molar-refractivity contribution in [3.8, 4) is 0 Å². The minimum absolute atomic E-state index is 0.00219. The molecule has 1 aliphatic carbocycles. The highest BCUT2D eigenvalue weighted by Gasteiger charge is 2.23. The summed E-state index contributed by atoms with van der Waals surface area (Å²) in [5.74, 6) is 0.445. The number of carbonyl (C=O) groups excluding carboxylic acids is 1. The standard InChI is InChI=1S/C11H15NO2S/c13-10-2-1-8(5-10)6-12-11(14)9-3-4-15-7-9/h3-4,7-8,10,13H,1-2,5-6H2,(H,12,14). The van der Waals surface area contributed by atoms with Gasteiger partial charge in [0.15, 0.2) is 0 Å². The van der Waals surface area contributed by atoms with Gasteiger partial charge in [-0.2, -0.15) is 11.3 Å². The van der Waals surface area contributed by atoms with Gasteiger partial charge in [0, 0.05) is 17.5 Å². The van der Waals surface area contributed by atoms with E-state index in [1.807, 2.05) is 16.8 Å². The number of thiophene rings is 1. The molecule has 0 spiro atoms. The fraction of sp³-hybridized carbons (Fsp3) is 0.545. The van der Waals surface area contributed by atoms with Crippen molar-refractivity contribution in [2.45, 2.75) is 25.4 Å². The van der Waals surface area contributed by atoms with Gasteiger partial charge < -0.3 is 10.4 Å². The smallest absolute Gasteiger partial charge is 0.252 e. The minimum Gasteiger partial charge on any atom is -0.393 e. The van der Waals surface area contributed by atoms with E-state index in [0.717, 1.165) is 24.8 Å². The molecule has 2 rings (SSSR count). The lowest BCUT2D eigenvalue weighted by Gasteiger charge is -2.09. The average Bonchev–Trinajstić information content (AvgIpc) is 2.84. The summed E-state index contributed by atoms with van der Waals surface area (Å²) < 4.78 is 0. The summed E-state index contributed by atoms with van der Waals surface area (Å²) >= 11 is 1.53. The average molecular weight is 225 g/mol. The molecule has 1 aliphatic rings. The van der Waals surface area contributed by atoms with E-state index in [9.17, 15) is 9.90 Å². The van der Waals surface area contributed by atoms with Crippen LogP contribution in [0.4, 0.5) is 0 Å². The third-order valence-corrected chi connectivity index (χ3v) is 3.53. The molecule has 1 saturated carbocycles. The van der Waals surface area contributed by atoms with Crippen LogP contribution in [-0.4, -0.2) is 23.7 Å². The van der Waals surface area contributed by atoms with Crippen molar-refractivity contribution in [2.75, 3.05) is 6.54 Å². The third-order valence-electron chi connectivity index (χ3n) is 2.85. The zero-order valence-corrected chi connectivity index (χ0v) is 9.30. The number of amides is 1. The van der Waals surface area contributed by atoms with Crippen LogP contribution >= 0.6 is 11.3 Å². The first kappa shape index (κ1) is 10.6. The van der Waals surface area contributed by atoms with E-state index < -0.39 is 0 Å². The lowest BCUT2D eigenvalue weighted by Crippen LogP contribution is -2.28. The zero-order chi connectivity index (χ0) is 10.7. The second-order valence-electron chi connectivity index (χ2n) is 4.05. The Kier molecular flexibility index (Phi) is 3.38. The highest BCUT2D eigenvalue weighted by Crippen LogP contribution is 2.24. The van der Waals surface area contributed by atoms with Gasteiger partial charge in [0.1, 0.15) is 0 Å². The van der Waals surface area contributed by atoms with Crippen molar-refractivity contribution in [2.24, 2.45) is 5.92 Å². The van der Waals surface area contributed by atoms with Crippen molar-refractivity contribution in [3.63, 3.8) is 0 Å². The molecule has 15 heavy (non-hydrogen) atoms. The highest BCUT2D eigenvalue weighted by molar-refractivity contribution is 7.08. The summed E-state index contributed by atoms with van der Waals surface area (Å²) in [7, 11) is 0. The van der Waals surface area contributed by atoms with Gasteiger partial charge in [-0.3, -0.25) is 4.79 Å². The van der Waals surface area contributed by atoms with Crippen molar-refractivity contribution in [1.29, 1.82) is 0 Å². The van der Waals surface area contributed by atoms with Gasteiger partial charge in [0.05, 0.1) is 6.10 Å². The molecule has 1 aromatic rings. The predicted octanol–water partition coefficient (Wildman–Crippen LogP) is 1.64. The Morgan fingerprint density at radius 3 is 3.07 bits per heavy atom. The van der Waals surface area contributed by atoms with Crippen LogP contribution in [0.5, 0.6) is 0 Å². The van der Waals surface area contributed by atoms with E-state index in [1.54, 1.807) is 0 Å². The van der Waals surface area contributed by atoms with Crippen molar-refractivity contribution in [3.05, 3.63) is 22.4 Å². The summed E-state index contributed by atoms with van der Waals surface area (Å²) in [5, 5.41) is 16.0. The largest absolute Gasteiger partial charge is 0.393 e. The van der Waals surface area contributed by atoms with Crippen LogP contribution in [0.25, 0.3) is 0 Å². The Balaban J connectivity index is 1.76. The fourth-order valence-corrected chi connectivity index (χ4v) is 2.60. The molecule has 1 amide bonds. The number of nitrogens with one attached hydrogen (secondary N) is 1. The summed E-state index contributed by atoms with van der Waals surface area (Å²) in [6.07, 6.45) is 2.56. The number of rotatable bonds is 3. The number of aliphatic hydroxyl groups is 1.